The van der Waals surface area contributed by atoms with Gasteiger partial charge < -0.3 is 21.3 Å². The molecule has 0 saturated carbocycles. The Bertz CT molecular complexity index is 393. The summed E-state index contributed by atoms with van der Waals surface area (Å²) < 4.78 is 0. The summed E-state index contributed by atoms with van der Waals surface area (Å²) in [6.07, 6.45) is 1.61. The lowest BCUT2D eigenvalue weighted by Gasteiger charge is -2.14. The van der Waals surface area contributed by atoms with Crippen LogP contribution in [-0.4, -0.2) is 28.7 Å². The zero-order valence-electron chi connectivity index (χ0n) is 9.81. The fraction of sp³-hybridized carbons (Fsp3) is 0.417. The van der Waals surface area contributed by atoms with E-state index < -0.39 is 11.7 Å². The van der Waals surface area contributed by atoms with E-state index in [1.54, 1.807) is 0 Å². The molecule has 0 radical (unpaired) electrons. The molecule has 0 saturated heterocycles. The number of aromatic hydroxyl groups is 2. The zero-order chi connectivity index (χ0) is 12.8. The molecule has 0 aliphatic heterocycles. The van der Waals surface area contributed by atoms with Gasteiger partial charge >= 0.3 is 0 Å². The highest BCUT2D eigenvalue weighted by Crippen LogP contribution is 2.27. The summed E-state index contributed by atoms with van der Waals surface area (Å²) in [4.78, 5) is 11.8. The molecule has 0 bridgehead atoms. The summed E-state index contributed by atoms with van der Waals surface area (Å²) in [5.41, 5.74) is 5.45. The number of carbonyl (C=O) groups excluding carboxylic acids is 1. The van der Waals surface area contributed by atoms with E-state index in [0.717, 1.165) is 12.8 Å². The predicted molar refractivity (Wildman–Crippen MR) is 65.0 cm³/mol. The Morgan fingerprint density at radius 3 is 2.82 bits per heavy atom. The van der Waals surface area contributed by atoms with Gasteiger partial charge in [0.2, 0.25) is 0 Å². The van der Waals surface area contributed by atoms with Gasteiger partial charge in [0.15, 0.2) is 11.5 Å². The number of carbonyl (C=O) groups is 1. The summed E-state index contributed by atoms with van der Waals surface area (Å²) in [7, 11) is 0. The molecular formula is C12H18N2O3. The number of nitrogens with two attached hydrogens (primary N) is 1. The molecule has 0 aromatic heterocycles. The van der Waals surface area contributed by atoms with Crippen molar-refractivity contribution in [3.05, 3.63) is 23.8 Å². The fourth-order valence-corrected chi connectivity index (χ4v) is 1.51. The number of amides is 1. The first-order valence-electron chi connectivity index (χ1n) is 5.58. The fourth-order valence-electron chi connectivity index (χ4n) is 1.51. The quantitative estimate of drug-likeness (QED) is 0.574. The van der Waals surface area contributed by atoms with Crippen LogP contribution in [0.15, 0.2) is 18.2 Å². The van der Waals surface area contributed by atoms with Crippen LogP contribution >= 0.6 is 0 Å². The molecule has 5 nitrogen and oxygen atoms in total. The van der Waals surface area contributed by atoms with Gasteiger partial charge in [-0.2, -0.15) is 0 Å². The average Bonchev–Trinajstić information content (AvgIpc) is 2.29. The molecule has 1 unspecified atom stereocenters. The van der Waals surface area contributed by atoms with Crippen LogP contribution in [0.3, 0.4) is 0 Å². The largest absolute Gasteiger partial charge is 0.504 e. The van der Waals surface area contributed by atoms with Crippen molar-refractivity contribution in [3.63, 3.8) is 0 Å². The second-order valence-electron chi connectivity index (χ2n) is 3.98. The molecule has 1 rings (SSSR count). The smallest absolute Gasteiger partial charge is 0.255 e. The van der Waals surface area contributed by atoms with Crippen LogP contribution in [0, 0.1) is 0 Å². The molecule has 0 heterocycles. The second kappa shape index (κ2) is 6.10. The topological polar surface area (TPSA) is 95.6 Å². The molecular weight excluding hydrogens is 220 g/mol. The first-order chi connectivity index (χ1) is 8.06. The summed E-state index contributed by atoms with van der Waals surface area (Å²) in [6.45, 7) is 2.45. The molecule has 0 fully saturated rings. The van der Waals surface area contributed by atoms with E-state index in [2.05, 4.69) is 5.32 Å². The number of rotatable bonds is 5. The standard InChI is InChI=1S/C12H18N2O3/c1-8(4-3-7-13)14-12(17)9-5-2-6-10(15)11(9)16/h2,5-6,8,15-16H,3-4,7,13H2,1H3,(H,14,17). The van der Waals surface area contributed by atoms with Crippen LogP contribution in [0.2, 0.25) is 0 Å². The van der Waals surface area contributed by atoms with Crippen molar-refractivity contribution < 1.29 is 15.0 Å². The van der Waals surface area contributed by atoms with E-state index in [9.17, 15) is 15.0 Å². The number of hydrogen-bond donors (Lipinski definition) is 4. The molecule has 94 valence electrons. The van der Waals surface area contributed by atoms with Crippen LogP contribution in [0.4, 0.5) is 0 Å². The van der Waals surface area contributed by atoms with Gasteiger partial charge in [-0.25, -0.2) is 0 Å². The van der Waals surface area contributed by atoms with E-state index in [1.165, 1.54) is 18.2 Å². The molecule has 1 aromatic rings. The van der Waals surface area contributed by atoms with Crippen molar-refractivity contribution in [2.75, 3.05) is 6.54 Å². The third-order valence-electron chi connectivity index (χ3n) is 2.48. The number of benzene rings is 1. The van der Waals surface area contributed by atoms with Crippen LogP contribution in [0.1, 0.15) is 30.1 Å². The van der Waals surface area contributed by atoms with Crippen LogP contribution in [-0.2, 0) is 0 Å². The Hall–Kier alpha value is -1.75. The van der Waals surface area contributed by atoms with E-state index in [-0.39, 0.29) is 17.4 Å². The normalized spacial score (nSPS) is 12.1. The predicted octanol–water partition coefficient (Wildman–Crippen LogP) is 0.955. The Kier molecular flexibility index (Phi) is 4.78. The first kappa shape index (κ1) is 13.3. The number of hydrogen-bond acceptors (Lipinski definition) is 4. The minimum Gasteiger partial charge on any atom is -0.504 e. The van der Waals surface area contributed by atoms with E-state index in [1.807, 2.05) is 6.92 Å². The van der Waals surface area contributed by atoms with Crippen molar-refractivity contribution >= 4 is 5.91 Å². The lowest BCUT2D eigenvalue weighted by Crippen LogP contribution is -2.32. The zero-order valence-corrected chi connectivity index (χ0v) is 9.81. The van der Waals surface area contributed by atoms with Crippen molar-refractivity contribution in [3.8, 4) is 11.5 Å². The van der Waals surface area contributed by atoms with Gasteiger partial charge in [0.05, 0.1) is 5.56 Å². The molecule has 1 aromatic carbocycles. The summed E-state index contributed by atoms with van der Waals surface area (Å²) in [5, 5.41) is 21.5. The lowest BCUT2D eigenvalue weighted by molar-refractivity contribution is 0.0934. The molecule has 5 heteroatoms. The van der Waals surface area contributed by atoms with Crippen LogP contribution in [0.25, 0.3) is 0 Å². The van der Waals surface area contributed by atoms with Crippen molar-refractivity contribution in [2.45, 2.75) is 25.8 Å². The SMILES string of the molecule is CC(CCCN)NC(=O)c1cccc(O)c1O. The highest BCUT2D eigenvalue weighted by atomic mass is 16.3. The van der Waals surface area contributed by atoms with Gasteiger partial charge in [0, 0.05) is 6.04 Å². The first-order valence-corrected chi connectivity index (χ1v) is 5.58. The molecule has 1 amide bonds. The van der Waals surface area contributed by atoms with Crippen molar-refractivity contribution in [1.82, 2.24) is 5.32 Å². The van der Waals surface area contributed by atoms with E-state index in [4.69, 9.17) is 5.73 Å². The molecule has 0 spiro atoms. The van der Waals surface area contributed by atoms with E-state index in [0.29, 0.717) is 6.54 Å². The van der Waals surface area contributed by atoms with Crippen molar-refractivity contribution in [1.29, 1.82) is 0 Å². The number of nitrogens with one attached hydrogen (secondary N) is 1. The summed E-state index contributed by atoms with van der Waals surface area (Å²) in [6, 6.07) is 4.27. The maximum atomic E-state index is 11.8. The summed E-state index contributed by atoms with van der Waals surface area (Å²) >= 11 is 0. The summed E-state index contributed by atoms with van der Waals surface area (Å²) in [5.74, 6) is -1.09. The molecule has 0 aliphatic rings. The minimum atomic E-state index is -0.400. The molecule has 17 heavy (non-hydrogen) atoms. The van der Waals surface area contributed by atoms with Crippen LogP contribution in [0.5, 0.6) is 11.5 Å². The molecule has 5 N–H and O–H groups in total. The monoisotopic (exact) mass is 238 g/mol. The van der Waals surface area contributed by atoms with E-state index >= 15 is 0 Å². The van der Waals surface area contributed by atoms with Gasteiger partial charge in [0.25, 0.3) is 5.91 Å². The highest BCUT2D eigenvalue weighted by molar-refractivity contribution is 5.97. The van der Waals surface area contributed by atoms with Gasteiger partial charge in [0.1, 0.15) is 0 Å². The molecule has 0 aliphatic carbocycles. The number of phenols is 2. The van der Waals surface area contributed by atoms with Gasteiger partial charge in [-0.3, -0.25) is 4.79 Å². The van der Waals surface area contributed by atoms with Gasteiger partial charge in [-0.05, 0) is 38.4 Å². The van der Waals surface area contributed by atoms with Crippen molar-refractivity contribution in [2.24, 2.45) is 5.73 Å². The highest BCUT2D eigenvalue weighted by Gasteiger charge is 2.15. The van der Waals surface area contributed by atoms with Gasteiger partial charge in [-0.15, -0.1) is 0 Å². The molecule has 1 atom stereocenters. The minimum absolute atomic E-state index is 0.0206. The number of phenolic OH excluding ortho intramolecular Hbond substituents is 2. The third-order valence-corrected chi connectivity index (χ3v) is 2.48. The Morgan fingerprint density at radius 1 is 1.47 bits per heavy atom. The lowest BCUT2D eigenvalue weighted by atomic mass is 10.1. The van der Waals surface area contributed by atoms with Gasteiger partial charge in [-0.1, -0.05) is 6.07 Å². The Labute approximate surface area is 100 Å². The maximum Gasteiger partial charge on any atom is 0.255 e. The van der Waals surface area contributed by atoms with Crippen LogP contribution < -0.4 is 11.1 Å². The Balaban J connectivity index is 2.67. The maximum absolute atomic E-state index is 11.8. The third kappa shape index (κ3) is 3.64. The second-order valence-corrected chi connectivity index (χ2v) is 3.98. The number of para-hydroxylation sites is 1. The average molecular weight is 238 g/mol. The Morgan fingerprint density at radius 2 is 2.18 bits per heavy atom.